The quantitative estimate of drug-likeness (QED) is 0.580. The van der Waals surface area contributed by atoms with Crippen LogP contribution in [0.2, 0.25) is 0 Å². The average molecular weight is 468 g/mol. The van der Waals surface area contributed by atoms with E-state index in [-0.39, 0.29) is 11.8 Å². The van der Waals surface area contributed by atoms with E-state index in [2.05, 4.69) is 34.5 Å². The van der Waals surface area contributed by atoms with Crippen molar-refractivity contribution < 1.29 is 14.3 Å². The van der Waals surface area contributed by atoms with Crippen molar-refractivity contribution in [1.29, 1.82) is 0 Å². The van der Waals surface area contributed by atoms with Crippen molar-refractivity contribution in [2.24, 2.45) is 0 Å². The molecule has 0 saturated carbocycles. The number of hydrogen-bond donors (Lipinski definition) is 1. The van der Waals surface area contributed by atoms with E-state index in [1.165, 1.54) is 12.7 Å². The van der Waals surface area contributed by atoms with Crippen LogP contribution in [0.1, 0.15) is 22.3 Å². The monoisotopic (exact) mass is 467 g/mol. The van der Waals surface area contributed by atoms with Gasteiger partial charge in [0.05, 0.1) is 12.7 Å². The Kier molecular flexibility index (Phi) is 9.84. The van der Waals surface area contributed by atoms with Gasteiger partial charge >= 0.3 is 0 Å². The molecule has 1 fully saturated rings. The number of amides is 2. The van der Waals surface area contributed by atoms with Crippen molar-refractivity contribution >= 4 is 29.7 Å². The molecule has 2 amide bonds. The van der Waals surface area contributed by atoms with Crippen molar-refractivity contribution in [1.82, 2.24) is 15.1 Å². The Morgan fingerprint density at radius 2 is 1.76 bits per heavy atom. The first-order valence-electron chi connectivity index (χ1n) is 11.3. The minimum absolute atomic E-state index is 0.00762. The van der Waals surface area contributed by atoms with Crippen molar-refractivity contribution in [2.45, 2.75) is 12.5 Å². The molecule has 1 aliphatic heterocycles. The summed E-state index contributed by atoms with van der Waals surface area (Å²) < 4.78 is 5.31. The highest BCUT2D eigenvalue weighted by molar-refractivity contribution is 7.98. The number of ether oxygens (including phenoxy) is 1. The van der Waals surface area contributed by atoms with E-state index in [0.717, 1.165) is 25.4 Å². The maximum atomic E-state index is 13.3. The van der Waals surface area contributed by atoms with Crippen molar-refractivity contribution in [3.63, 3.8) is 0 Å². The van der Waals surface area contributed by atoms with Crippen LogP contribution in [-0.2, 0) is 4.79 Å². The third kappa shape index (κ3) is 7.37. The number of carbonyl (C=O) groups is 2. The molecule has 1 aliphatic rings. The Labute approximate surface area is 201 Å². The first-order valence-corrected chi connectivity index (χ1v) is 12.7. The van der Waals surface area contributed by atoms with Gasteiger partial charge in [-0.25, -0.2) is 0 Å². The highest BCUT2D eigenvalue weighted by Gasteiger charge is 2.29. The summed E-state index contributed by atoms with van der Waals surface area (Å²) in [6.45, 7) is 3.83. The molecule has 7 heteroatoms. The highest BCUT2D eigenvalue weighted by Crippen LogP contribution is 2.18. The van der Waals surface area contributed by atoms with Crippen LogP contribution in [0.4, 0.5) is 0 Å². The van der Waals surface area contributed by atoms with E-state index in [1.807, 2.05) is 35.4 Å². The first kappa shape index (κ1) is 24.9. The van der Waals surface area contributed by atoms with E-state index in [1.54, 1.807) is 30.0 Å². The van der Waals surface area contributed by atoms with Crippen LogP contribution in [0.15, 0.2) is 60.7 Å². The molecule has 3 rings (SSSR count). The fourth-order valence-electron chi connectivity index (χ4n) is 3.83. The minimum atomic E-state index is -0.542. The summed E-state index contributed by atoms with van der Waals surface area (Å²) in [5.74, 6) is 1.01. The Morgan fingerprint density at radius 1 is 1.06 bits per heavy atom. The summed E-state index contributed by atoms with van der Waals surface area (Å²) in [6, 6.07) is 16.8. The topological polar surface area (TPSA) is 61.9 Å². The number of carbonyl (C=O) groups excluding carboxylic acids is 2. The third-order valence-electron chi connectivity index (χ3n) is 5.72. The van der Waals surface area contributed by atoms with Gasteiger partial charge in [0.25, 0.3) is 5.91 Å². The van der Waals surface area contributed by atoms with Crippen molar-refractivity contribution in [2.75, 3.05) is 51.8 Å². The van der Waals surface area contributed by atoms with Crippen LogP contribution in [0.3, 0.4) is 0 Å². The van der Waals surface area contributed by atoms with Gasteiger partial charge < -0.3 is 15.0 Å². The van der Waals surface area contributed by atoms with Crippen molar-refractivity contribution in [3.8, 4) is 5.75 Å². The lowest BCUT2D eigenvalue weighted by Crippen LogP contribution is -2.55. The number of benzene rings is 2. The second kappa shape index (κ2) is 13.1. The Morgan fingerprint density at radius 3 is 2.45 bits per heavy atom. The minimum Gasteiger partial charge on any atom is -0.496 e. The molecule has 0 bridgehead atoms. The van der Waals surface area contributed by atoms with Crippen LogP contribution in [-0.4, -0.2) is 79.5 Å². The van der Waals surface area contributed by atoms with E-state index >= 15 is 0 Å². The first-order chi connectivity index (χ1) is 16.1. The molecule has 1 atom stereocenters. The number of rotatable bonds is 10. The largest absolute Gasteiger partial charge is 0.496 e. The number of nitrogens with zero attached hydrogens (tertiary/aromatic N) is 2. The summed E-state index contributed by atoms with van der Waals surface area (Å²) in [6.07, 6.45) is 6.90. The predicted octanol–water partition coefficient (Wildman–Crippen LogP) is 3.40. The van der Waals surface area contributed by atoms with Gasteiger partial charge in [0.1, 0.15) is 11.8 Å². The summed E-state index contributed by atoms with van der Waals surface area (Å²) >= 11 is 1.67. The van der Waals surface area contributed by atoms with Gasteiger partial charge in [-0.1, -0.05) is 54.6 Å². The molecule has 0 aromatic heterocycles. The van der Waals surface area contributed by atoms with Gasteiger partial charge in [-0.3, -0.25) is 14.5 Å². The number of methoxy groups -OCH3 is 1. The lowest BCUT2D eigenvalue weighted by molar-refractivity contribution is -0.135. The normalized spacial score (nSPS) is 15.4. The molecular weight excluding hydrogens is 434 g/mol. The number of piperazine rings is 1. The van der Waals surface area contributed by atoms with E-state index in [4.69, 9.17) is 4.74 Å². The Bertz CT molecular complexity index is 927. The molecule has 2 aromatic carbocycles. The van der Waals surface area contributed by atoms with Gasteiger partial charge in [0.2, 0.25) is 5.91 Å². The van der Waals surface area contributed by atoms with Gasteiger partial charge in [-0.05, 0) is 36.1 Å². The molecule has 0 aliphatic carbocycles. The van der Waals surface area contributed by atoms with Gasteiger partial charge in [0, 0.05) is 32.7 Å². The average Bonchev–Trinajstić information content (AvgIpc) is 2.87. The zero-order valence-corrected chi connectivity index (χ0v) is 20.2. The maximum Gasteiger partial charge on any atom is 0.255 e. The molecule has 0 unspecified atom stereocenters. The van der Waals surface area contributed by atoms with E-state index in [9.17, 15) is 9.59 Å². The molecular formula is C26H33N3O3S. The zero-order valence-electron chi connectivity index (χ0n) is 19.4. The van der Waals surface area contributed by atoms with Crippen LogP contribution in [0.25, 0.3) is 6.08 Å². The second-order valence-electron chi connectivity index (χ2n) is 7.95. The molecule has 1 N–H and O–H groups in total. The van der Waals surface area contributed by atoms with Crippen LogP contribution in [0, 0.1) is 0 Å². The van der Waals surface area contributed by atoms with Crippen LogP contribution in [0.5, 0.6) is 5.75 Å². The predicted molar refractivity (Wildman–Crippen MR) is 136 cm³/mol. The van der Waals surface area contributed by atoms with Crippen LogP contribution < -0.4 is 10.1 Å². The summed E-state index contributed by atoms with van der Waals surface area (Å²) in [5, 5.41) is 2.96. The number of hydrogen-bond acceptors (Lipinski definition) is 5. The highest BCUT2D eigenvalue weighted by atomic mass is 32.2. The number of thioether (sulfide) groups is 1. The Hall–Kier alpha value is -2.77. The van der Waals surface area contributed by atoms with Gasteiger partial charge in [-0.2, -0.15) is 11.8 Å². The third-order valence-corrected chi connectivity index (χ3v) is 6.37. The number of para-hydroxylation sites is 1. The smallest absolute Gasteiger partial charge is 0.255 e. The lowest BCUT2D eigenvalue weighted by Gasteiger charge is -2.36. The summed E-state index contributed by atoms with van der Waals surface area (Å²) in [5.41, 5.74) is 1.63. The molecule has 33 heavy (non-hydrogen) atoms. The summed E-state index contributed by atoms with van der Waals surface area (Å²) in [7, 11) is 1.54. The fraction of sp³-hybridized carbons (Fsp3) is 0.385. The Balaban J connectivity index is 1.55. The lowest BCUT2D eigenvalue weighted by atomic mass is 10.1. The molecule has 6 nitrogen and oxygen atoms in total. The molecule has 2 aromatic rings. The van der Waals surface area contributed by atoms with Gasteiger partial charge in [0.15, 0.2) is 0 Å². The maximum absolute atomic E-state index is 13.3. The van der Waals surface area contributed by atoms with Gasteiger partial charge in [-0.15, -0.1) is 0 Å². The van der Waals surface area contributed by atoms with E-state index < -0.39 is 6.04 Å². The SMILES string of the molecule is COc1ccccc1C(=O)N[C@H](CCSC)C(=O)N1CCN(C/C=C/c2ccccc2)CC1. The van der Waals surface area contributed by atoms with E-state index in [0.29, 0.717) is 30.8 Å². The number of nitrogens with one attached hydrogen (secondary N) is 1. The second-order valence-corrected chi connectivity index (χ2v) is 8.93. The standard InChI is InChI=1S/C26H33N3O3S/c1-32-24-13-7-6-12-22(24)25(30)27-23(14-20-33-2)26(31)29-18-16-28(17-19-29)15-8-11-21-9-4-3-5-10-21/h3-13,23H,14-20H2,1-2H3,(H,27,30)/b11-8+/t23-/m1/s1. The fourth-order valence-corrected chi connectivity index (χ4v) is 4.31. The molecule has 0 radical (unpaired) electrons. The van der Waals surface area contributed by atoms with Crippen LogP contribution >= 0.6 is 11.8 Å². The summed E-state index contributed by atoms with van der Waals surface area (Å²) in [4.78, 5) is 30.4. The molecule has 1 saturated heterocycles. The zero-order chi connectivity index (χ0) is 23.5. The van der Waals surface area contributed by atoms with Crippen molar-refractivity contribution in [3.05, 3.63) is 71.8 Å². The molecule has 176 valence electrons. The molecule has 1 heterocycles. The molecule has 0 spiro atoms.